The Morgan fingerprint density at radius 1 is 0.906 bits per heavy atom. The van der Waals surface area contributed by atoms with Crippen molar-refractivity contribution in [3.05, 3.63) is 148 Å². The van der Waals surface area contributed by atoms with Crippen LogP contribution in [0.3, 0.4) is 0 Å². The average Bonchev–Trinajstić information content (AvgIpc) is 3.18. The van der Waals surface area contributed by atoms with E-state index in [9.17, 15) is 22.6 Å². The van der Waals surface area contributed by atoms with Gasteiger partial charge in [0.05, 0.1) is 48.8 Å². The van der Waals surface area contributed by atoms with Gasteiger partial charge in [-0.3, -0.25) is 0 Å². The summed E-state index contributed by atoms with van der Waals surface area (Å²) in [5.41, 5.74) is 9.13. The topological polar surface area (TPSA) is 126 Å². The minimum Gasteiger partial charge on any atom is -0.744 e. The summed E-state index contributed by atoms with van der Waals surface area (Å²) >= 11 is 0. The molecule has 0 unspecified atom stereocenters. The van der Waals surface area contributed by atoms with Gasteiger partial charge in [0.1, 0.15) is 16.7 Å². The van der Waals surface area contributed by atoms with Crippen molar-refractivity contribution in [2.75, 3.05) is 38.9 Å². The lowest BCUT2D eigenvalue weighted by molar-refractivity contribution is -0.667. The number of carbonyl (C=O) groups excluding carboxylic acids is 2. The predicted molar refractivity (Wildman–Crippen MR) is 204 cm³/mol. The number of aryl methyl sites for hydroxylation is 2. The highest BCUT2D eigenvalue weighted by Gasteiger charge is 2.18. The number of hydrogen-bond acceptors (Lipinski definition) is 9. The predicted octanol–water partition coefficient (Wildman–Crippen LogP) is 6.95. The second-order valence-electron chi connectivity index (χ2n) is 12.3. The van der Waals surface area contributed by atoms with Crippen LogP contribution in [0, 0.1) is 6.92 Å². The lowest BCUT2D eigenvalue weighted by Crippen LogP contribution is -2.32. The van der Waals surface area contributed by atoms with E-state index in [4.69, 9.17) is 14.2 Å². The maximum Gasteiger partial charge on any atom is 0.337 e. The molecule has 3 aromatic carbocycles. The second kappa shape index (κ2) is 17.3. The van der Waals surface area contributed by atoms with Crippen molar-refractivity contribution in [1.82, 2.24) is 0 Å². The minimum atomic E-state index is -4.27. The van der Waals surface area contributed by atoms with Crippen LogP contribution >= 0.6 is 0 Å². The van der Waals surface area contributed by atoms with Gasteiger partial charge >= 0.3 is 11.9 Å². The minimum absolute atomic E-state index is 0.178. The smallest absolute Gasteiger partial charge is 0.337 e. The molecule has 0 atom stereocenters. The van der Waals surface area contributed by atoms with Gasteiger partial charge < -0.3 is 23.7 Å². The zero-order valence-corrected chi connectivity index (χ0v) is 31.2. The molecule has 0 N–H and O–H groups in total. The highest BCUT2D eigenvalue weighted by atomic mass is 32.2. The lowest BCUT2D eigenvalue weighted by Gasteiger charge is -2.27. The van der Waals surface area contributed by atoms with Crippen LogP contribution in [-0.2, 0) is 30.9 Å². The zero-order chi connectivity index (χ0) is 38.1. The van der Waals surface area contributed by atoms with Gasteiger partial charge in [0, 0.05) is 36.1 Å². The summed E-state index contributed by atoms with van der Waals surface area (Å²) in [5.74, 6) is -0.712. The molecule has 0 spiro atoms. The third kappa shape index (κ3) is 9.44. The number of methoxy groups -OCH3 is 2. The van der Waals surface area contributed by atoms with Gasteiger partial charge in [-0.25, -0.2) is 18.0 Å². The molecule has 0 saturated carbocycles. The summed E-state index contributed by atoms with van der Waals surface area (Å²) in [7, 11) is -1.48. The Morgan fingerprint density at radius 2 is 1.60 bits per heavy atom. The first-order chi connectivity index (χ1) is 25.4. The van der Waals surface area contributed by atoms with Crippen LogP contribution in [0.5, 0.6) is 0 Å². The van der Waals surface area contributed by atoms with E-state index in [1.165, 1.54) is 26.4 Å². The SMILES string of the molecule is CCN1C=C/C(=C\C=C2C=C(/C=C/c3cc[n+](CC)c4ccc(C(=O)OC)cc34)COC\2)c2cc(C(=O)OC)ccc21.Cc1ccc(S(=O)(=O)[O-])cc1. The Morgan fingerprint density at radius 3 is 2.26 bits per heavy atom. The van der Waals surface area contributed by atoms with Gasteiger partial charge in [-0.1, -0.05) is 48.1 Å². The van der Waals surface area contributed by atoms with Gasteiger partial charge in [0.25, 0.3) is 0 Å². The van der Waals surface area contributed by atoms with Crippen LogP contribution in [0.1, 0.15) is 51.3 Å². The molecule has 6 rings (SSSR count). The standard InChI is InChI=1S/C35H35N2O5.C7H8O3S/c1-5-36-17-15-26(30-20-28(34(38)40-3)11-13-32(30)36)9-7-24-19-25(23-42-22-24)8-10-27-16-18-37(6-2)33-14-12-29(21-31(27)33)35(39)41-4;1-6-2-4-7(5-3-6)11(8,9)10/h7-21H,5-6,22-23H2,1-4H3;2-5H,1H3,(H,8,9,10)/q+1;/p-1. The van der Waals surface area contributed by atoms with E-state index in [0.29, 0.717) is 24.3 Å². The van der Waals surface area contributed by atoms with Crippen LogP contribution < -0.4 is 9.47 Å². The van der Waals surface area contributed by atoms with Crippen molar-refractivity contribution in [3.63, 3.8) is 0 Å². The fraction of sp³-hybridized carbons (Fsp3) is 0.214. The molecule has 11 heteroatoms. The normalized spacial score (nSPS) is 15.6. The quantitative estimate of drug-likeness (QED) is 0.107. The molecular weight excluding hydrogens is 693 g/mol. The number of anilines is 1. The molecule has 0 fully saturated rings. The Bertz CT molecular complexity index is 2280. The van der Waals surface area contributed by atoms with E-state index in [-0.39, 0.29) is 16.8 Å². The second-order valence-corrected chi connectivity index (χ2v) is 13.7. The van der Waals surface area contributed by atoms with Crippen LogP contribution in [0.4, 0.5) is 5.69 Å². The Balaban J connectivity index is 0.000000422. The number of hydrogen-bond donors (Lipinski definition) is 0. The maximum atomic E-state index is 12.2. The summed E-state index contributed by atoms with van der Waals surface area (Å²) in [6.07, 6.45) is 16.6. The number of nitrogens with zero attached hydrogens (tertiary/aromatic N) is 2. The van der Waals surface area contributed by atoms with E-state index in [1.807, 2.05) is 31.2 Å². The zero-order valence-electron chi connectivity index (χ0n) is 30.4. The van der Waals surface area contributed by atoms with E-state index < -0.39 is 10.1 Å². The highest BCUT2D eigenvalue weighted by Crippen LogP contribution is 2.34. The summed E-state index contributed by atoms with van der Waals surface area (Å²) in [5, 5.41) is 0.978. The van der Waals surface area contributed by atoms with E-state index >= 15 is 0 Å². The largest absolute Gasteiger partial charge is 0.744 e. The molecule has 2 aliphatic heterocycles. The number of rotatable bonds is 8. The molecule has 2 aliphatic rings. The number of ether oxygens (including phenoxy) is 3. The Labute approximate surface area is 310 Å². The molecule has 53 heavy (non-hydrogen) atoms. The summed E-state index contributed by atoms with van der Waals surface area (Å²) in [6, 6.07) is 19.1. The molecule has 0 amide bonds. The first-order valence-electron chi connectivity index (χ1n) is 17.1. The van der Waals surface area contributed by atoms with Crippen LogP contribution in [-0.4, -0.2) is 58.9 Å². The van der Waals surface area contributed by atoms with Crippen molar-refractivity contribution in [2.24, 2.45) is 0 Å². The number of benzene rings is 3. The van der Waals surface area contributed by atoms with Crippen molar-refractivity contribution in [2.45, 2.75) is 32.2 Å². The van der Waals surface area contributed by atoms with Crippen molar-refractivity contribution < 1.29 is 41.3 Å². The molecule has 0 radical (unpaired) electrons. The lowest BCUT2D eigenvalue weighted by atomic mass is 9.96. The average molecular weight is 735 g/mol. The fourth-order valence-electron chi connectivity index (χ4n) is 5.95. The first-order valence-corrected chi connectivity index (χ1v) is 18.5. The number of aromatic nitrogens is 1. The number of esters is 2. The number of fused-ring (bicyclic) bond motifs is 2. The number of carbonyl (C=O) groups is 2. The number of allylic oxidation sites excluding steroid dienone is 4. The molecule has 0 saturated heterocycles. The van der Waals surface area contributed by atoms with Gasteiger partial charge in [0.2, 0.25) is 5.52 Å². The van der Waals surface area contributed by atoms with Crippen molar-refractivity contribution >= 4 is 50.3 Å². The number of pyridine rings is 1. The van der Waals surface area contributed by atoms with Crippen molar-refractivity contribution in [3.8, 4) is 0 Å². The van der Waals surface area contributed by atoms with Gasteiger partial charge in [-0.05, 0) is 91.6 Å². The van der Waals surface area contributed by atoms with Gasteiger partial charge in [0.15, 0.2) is 6.20 Å². The highest BCUT2D eigenvalue weighted by molar-refractivity contribution is 7.85. The molecule has 3 heterocycles. The molecule has 0 aliphatic carbocycles. The van der Waals surface area contributed by atoms with Gasteiger partial charge in [-0.2, -0.15) is 4.57 Å². The van der Waals surface area contributed by atoms with E-state index in [1.54, 1.807) is 24.3 Å². The third-order valence-electron chi connectivity index (χ3n) is 8.80. The van der Waals surface area contributed by atoms with Crippen molar-refractivity contribution in [1.29, 1.82) is 0 Å². The molecule has 1 aromatic heterocycles. The van der Waals surface area contributed by atoms with E-state index in [0.717, 1.165) is 63.1 Å². The van der Waals surface area contributed by atoms with Crippen LogP contribution in [0.15, 0.2) is 126 Å². The molecule has 10 nitrogen and oxygen atoms in total. The Kier molecular flexibility index (Phi) is 12.6. The fourth-order valence-corrected chi connectivity index (χ4v) is 6.42. The Hall–Kier alpha value is -5.62. The summed E-state index contributed by atoms with van der Waals surface area (Å²) in [4.78, 5) is 26.4. The van der Waals surface area contributed by atoms with Crippen LogP contribution in [0.25, 0.3) is 22.6 Å². The molecule has 4 aromatic rings. The monoisotopic (exact) mass is 734 g/mol. The van der Waals surface area contributed by atoms with E-state index in [2.05, 4.69) is 78.2 Å². The summed E-state index contributed by atoms with van der Waals surface area (Å²) < 4.78 is 49.1. The van der Waals surface area contributed by atoms with Crippen LogP contribution in [0.2, 0.25) is 0 Å². The maximum absolute atomic E-state index is 12.2. The summed E-state index contributed by atoms with van der Waals surface area (Å²) in [6.45, 7) is 8.66. The third-order valence-corrected chi connectivity index (χ3v) is 9.65. The first kappa shape index (κ1) is 38.6. The molecule has 274 valence electrons. The molecular formula is C42H42N2O8S. The van der Waals surface area contributed by atoms with Gasteiger partial charge in [-0.15, -0.1) is 0 Å². The molecule has 0 bridgehead atoms.